The van der Waals surface area contributed by atoms with Crippen LogP contribution >= 0.6 is 23.2 Å². The van der Waals surface area contributed by atoms with Crippen LogP contribution in [0.15, 0.2) is 11.2 Å². The van der Waals surface area contributed by atoms with Gasteiger partial charge in [-0.05, 0) is 12.8 Å². The van der Waals surface area contributed by atoms with Crippen molar-refractivity contribution in [2.45, 2.75) is 23.9 Å². The standard InChI is InChI=1S/C9H13Cl2N3O2S/c1-13-9(8(11)6-12-13)17(15,16)14(5-4-10)7-2-3-7/h6-7H,2-5H2,1H3. The van der Waals surface area contributed by atoms with Gasteiger partial charge in [-0.15, -0.1) is 11.6 Å². The third-order valence-corrected chi connectivity index (χ3v) is 5.28. The molecule has 5 nitrogen and oxygen atoms in total. The van der Waals surface area contributed by atoms with Crippen LogP contribution in [0.5, 0.6) is 0 Å². The third-order valence-electron chi connectivity index (χ3n) is 2.65. The van der Waals surface area contributed by atoms with Gasteiger partial charge >= 0.3 is 0 Å². The highest BCUT2D eigenvalue weighted by molar-refractivity contribution is 7.89. The first kappa shape index (κ1) is 13.1. The molecule has 1 saturated carbocycles. The molecule has 17 heavy (non-hydrogen) atoms. The Morgan fingerprint density at radius 2 is 2.24 bits per heavy atom. The van der Waals surface area contributed by atoms with Gasteiger partial charge in [-0.25, -0.2) is 8.42 Å². The molecule has 96 valence electrons. The summed E-state index contributed by atoms with van der Waals surface area (Å²) in [7, 11) is -2.04. The number of halogens is 2. The van der Waals surface area contributed by atoms with Crippen molar-refractivity contribution in [3.63, 3.8) is 0 Å². The lowest BCUT2D eigenvalue weighted by Gasteiger charge is -2.20. The summed E-state index contributed by atoms with van der Waals surface area (Å²) < 4.78 is 27.6. The molecule has 0 saturated heterocycles. The lowest BCUT2D eigenvalue weighted by molar-refractivity contribution is 0.416. The van der Waals surface area contributed by atoms with Crippen molar-refractivity contribution in [3.8, 4) is 0 Å². The highest BCUT2D eigenvalue weighted by Crippen LogP contribution is 2.33. The summed E-state index contributed by atoms with van der Waals surface area (Å²) in [5.74, 6) is 0.269. The molecule has 1 aromatic rings. The predicted molar refractivity (Wildman–Crippen MR) is 65.9 cm³/mol. The summed E-state index contributed by atoms with van der Waals surface area (Å²) in [4.78, 5) is 0. The molecular weight excluding hydrogens is 285 g/mol. The van der Waals surface area contributed by atoms with Gasteiger partial charge in [0.2, 0.25) is 0 Å². The van der Waals surface area contributed by atoms with Crippen LogP contribution in [0.2, 0.25) is 5.02 Å². The van der Waals surface area contributed by atoms with Gasteiger partial charge in [0.25, 0.3) is 10.0 Å². The second-order valence-corrected chi connectivity index (χ2v) is 6.55. The average Bonchev–Trinajstić information content (AvgIpc) is 3.01. The van der Waals surface area contributed by atoms with Gasteiger partial charge in [0.05, 0.1) is 11.2 Å². The molecule has 0 aromatic carbocycles. The van der Waals surface area contributed by atoms with Gasteiger partial charge in [-0.1, -0.05) is 11.6 Å². The van der Waals surface area contributed by atoms with E-state index in [2.05, 4.69) is 5.10 Å². The Hall–Kier alpha value is -0.300. The van der Waals surface area contributed by atoms with Crippen LogP contribution in [0, 0.1) is 0 Å². The van der Waals surface area contributed by atoms with E-state index < -0.39 is 10.0 Å². The van der Waals surface area contributed by atoms with E-state index in [4.69, 9.17) is 23.2 Å². The van der Waals surface area contributed by atoms with E-state index in [1.165, 1.54) is 15.2 Å². The number of hydrogen-bond donors (Lipinski definition) is 0. The number of aryl methyl sites for hydroxylation is 1. The van der Waals surface area contributed by atoms with E-state index in [9.17, 15) is 8.42 Å². The first-order valence-corrected chi connectivity index (χ1v) is 7.59. The minimum Gasteiger partial charge on any atom is -0.255 e. The normalized spacial score (nSPS) is 16.7. The van der Waals surface area contributed by atoms with Crippen LogP contribution in [0.3, 0.4) is 0 Å². The first-order chi connectivity index (χ1) is 7.98. The van der Waals surface area contributed by atoms with Gasteiger partial charge in [-0.3, -0.25) is 4.68 Å². The molecule has 0 radical (unpaired) electrons. The van der Waals surface area contributed by atoms with E-state index >= 15 is 0 Å². The maximum Gasteiger partial charge on any atom is 0.262 e. The summed E-state index contributed by atoms with van der Waals surface area (Å²) in [5, 5.41) is 4.03. The molecular formula is C9H13Cl2N3O2S. The lowest BCUT2D eigenvalue weighted by atomic mass is 10.6. The Kier molecular flexibility index (Phi) is 3.68. The molecule has 0 atom stereocenters. The zero-order chi connectivity index (χ0) is 12.6. The Bertz CT molecular complexity index is 491. The SMILES string of the molecule is Cn1ncc(Cl)c1S(=O)(=O)N(CCCl)C1CC1. The topological polar surface area (TPSA) is 55.2 Å². The maximum absolute atomic E-state index is 12.4. The summed E-state index contributed by atoms with van der Waals surface area (Å²) in [5.41, 5.74) is 0. The van der Waals surface area contributed by atoms with Crippen LogP contribution in [0.4, 0.5) is 0 Å². The minimum absolute atomic E-state index is 0.0381. The largest absolute Gasteiger partial charge is 0.262 e. The van der Waals surface area contributed by atoms with E-state index in [0.717, 1.165) is 12.8 Å². The number of rotatable bonds is 5. The summed E-state index contributed by atoms with van der Waals surface area (Å²) in [6.45, 7) is 0.302. The maximum atomic E-state index is 12.4. The van der Waals surface area contributed by atoms with Crippen LogP contribution < -0.4 is 0 Å². The highest BCUT2D eigenvalue weighted by atomic mass is 35.5. The Morgan fingerprint density at radius 1 is 1.59 bits per heavy atom. The molecule has 1 aromatic heterocycles. The smallest absolute Gasteiger partial charge is 0.255 e. The molecule has 8 heteroatoms. The van der Waals surface area contributed by atoms with Crippen LogP contribution in [-0.4, -0.2) is 41.0 Å². The van der Waals surface area contributed by atoms with Crippen LogP contribution in [-0.2, 0) is 17.1 Å². The number of hydrogen-bond acceptors (Lipinski definition) is 3. The lowest BCUT2D eigenvalue weighted by Crippen LogP contribution is -2.36. The zero-order valence-corrected chi connectivity index (χ0v) is 11.6. The molecule has 1 fully saturated rings. The summed E-state index contributed by atoms with van der Waals surface area (Å²) in [6.07, 6.45) is 3.09. The molecule has 2 rings (SSSR count). The Morgan fingerprint density at radius 3 is 2.65 bits per heavy atom. The fraction of sp³-hybridized carbons (Fsp3) is 0.667. The van der Waals surface area contributed by atoms with Gasteiger partial charge in [-0.2, -0.15) is 9.40 Å². The quantitative estimate of drug-likeness (QED) is 0.773. The second-order valence-electron chi connectivity index (χ2n) is 3.96. The molecule has 0 N–H and O–H groups in total. The fourth-order valence-corrected chi connectivity index (χ4v) is 4.32. The van der Waals surface area contributed by atoms with Crippen LogP contribution in [0.1, 0.15) is 12.8 Å². The van der Waals surface area contributed by atoms with Crippen molar-refractivity contribution in [1.29, 1.82) is 0 Å². The van der Waals surface area contributed by atoms with E-state index in [1.807, 2.05) is 0 Å². The van der Waals surface area contributed by atoms with Crippen molar-refractivity contribution in [3.05, 3.63) is 11.2 Å². The molecule has 0 spiro atoms. The summed E-state index contributed by atoms with van der Waals surface area (Å²) in [6, 6.07) is 0.0599. The monoisotopic (exact) mass is 297 g/mol. The Balaban J connectivity index is 2.40. The molecule has 0 aliphatic heterocycles. The number of nitrogens with zero attached hydrogens (tertiary/aromatic N) is 3. The van der Waals surface area contributed by atoms with Crippen molar-refractivity contribution < 1.29 is 8.42 Å². The second kappa shape index (κ2) is 4.76. The van der Waals surface area contributed by atoms with E-state index in [0.29, 0.717) is 6.54 Å². The molecule has 1 heterocycles. The van der Waals surface area contributed by atoms with Gasteiger partial charge in [0, 0.05) is 25.5 Å². The van der Waals surface area contributed by atoms with Crippen molar-refractivity contribution >= 4 is 33.2 Å². The minimum atomic E-state index is -3.60. The molecule has 1 aliphatic carbocycles. The zero-order valence-electron chi connectivity index (χ0n) is 9.31. The fourth-order valence-electron chi connectivity index (χ4n) is 1.75. The summed E-state index contributed by atoms with van der Waals surface area (Å²) >= 11 is 11.5. The Labute approximate surface area is 110 Å². The molecule has 0 bridgehead atoms. The van der Waals surface area contributed by atoms with Crippen molar-refractivity contribution in [1.82, 2.24) is 14.1 Å². The highest BCUT2D eigenvalue weighted by Gasteiger charge is 2.39. The van der Waals surface area contributed by atoms with E-state index in [-0.39, 0.29) is 22.0 Å². The molecule has 0 unspecified atom stereocenters. The predicted octanol–water partition coefficient (Wildman–Crippen LogP) is 1.47. The van der Waals surface area contributed by atoms with Gasteiger partial charge < -0.3 is 0 Å². The first-order valence-electron chi connectivity index (χ1n) is 5.23. The van der Waals surface area contributed by atoms with Gasteiger partial charge in [0.1, 0.15) is 0 Å². The molecule has 0 amide bonds. The third kappa shape index (κ3) is 2.45. The van der Waals surface area contributed by atoms with Crippen molar-refractivity contribution in [2.24, 2.45) is 7.05 Å². The van der Waals surface area contributed by atoms with Crippen molar-refractivity contribution in [2.75, 3.05) is 12.4 Å². The van der Waals surface area contributed by atoms with Gasteiger partial charge in [0.15, 0.2) is 5.03 Å². The number of aromatic nitrogens is 2. The average molecular weight is 298 g/mol. The van der Waals surface area contributed by atoms with Crippen LogP contribution in [0.25, 0.3) is 0 Å². The molecule has 1 aliphatic rings. The number of sulfonamides is 1. The van der Waals surface area contributed by atoms with E-state index in [1.54, 1.807) is 7.05 Å². The number of alkyl halides is 1.